The molecule has 0 saturated heterocycles. The lowest BCUT2D eigenvalue weighted by Crippen LogP contribution is -1.99. The van der Waals surface area contributed by atoms with E-state index in [0.29, 0.717) is 6.61 Å². The quantitative estimate of drug-likeness (QED) is 0.637. The standard InChI is InChI=1S/C19H22N2O2/c1-3-4-7-12-23-18-13-14(10-11-17(18)22-2)19-20-15-8-5-6-9-16(15)21-19/h5-6,8-11,13H,3-4,7,12H2,1-2H3,(H,20,21). The fourth-order valence-corrected chi connectivity index (χ4v) is 2.56. The smallest absolute Gasteiger partial charge is 0.161 e. The normalized spacial score (nSPS) is 10.9. The first kappa shape index (κ1) is 15.4. The van der Waals surface area contributed by atoms with Gasteiger partial charge in [0.05, 0.1) is 24.8 Å². The van der Waals surface area contributed by atoms with Gasteiger partial charge in [-0.05, 0) is 36.8 Å². The van der Waals surface area contributed by atoms with E-state index in [4.69, 9.17) is 9.47 Å². The second-order valence-corrected chi connectivity index (χ2v) is 5.52. The van der Waals surface area contributed by atoms with Crippen molar-refractivity contribution in [3.05, 3.63) is 42.5 Å². The van der Waals surface area contributed by atoms with Crippen LogP contribution in [0.25, 0.3) is 22.4 Å². The number of rotatable bonds is 7. The molecule has 4 heteroatoms. The molecular formula is C19H22N2O2. The predicted octanol–water partition coefficient (Wildman–Crippen LogP) is 4.81. The number of ether oxygens (including phenoxy) is 2. The number of nitrogens with zero attached hydrogens (tertiary/aromatic N) is 1. The van der Waals surface area contributed by atoms with Crippen LogP contribution in [-0.2, 0) is 0 Å². The van der Waals surface area contributed by atoms with Gasteiger partial charge in [0.15, 0.2) is 11.5 Å². The summed E-state index contributed by atoms with van der Waals surface area (Å²) in [5.41, 5.74) is 2.99. The predicted molar refractivity (Wildman–Crippen MR) is 93.1 cm³/mol. The number of methoxy groups -OCH3 is 1. The molecule has 0 bridgehead atoms. The number of aromatic nitrogens is 2. The van der Waals surface area contributed by atoms with Crippen LogP contribution in [0.5, 0.6) is 11.5 Å². The minimum absolute atomic E-state index is 0.702. The first-order valence-electron chi connectivity index (χ1n) is 8.07. The number of hydrogen-bond acceptors (Lipinski definition) is 3. The Hall–Kier alpha value is -2.49. The lowest BCUT2D eigenvalue weighted by Gasteiger charge is -2.11. The van der Waals surface area contributed by atoms with E-state index in [-0.39, 0.29) is 0 Å². The maximum absolute atomic E-state index is 5.90. The third-order valence-corrected chi connectivity index (χ3v) is 3.83. The molecular weight excluding hydrogens is 288 g/mol. The Morgan fingerprint density at radius 3 is 2.70 bits per heavy atom. The summed E-state index contributed by atoms with van der Waals surface area (Å²) in [7, 11) is 1.66. The molecule has 0 fully saturated rings. The van der Waals surface area contributed by atoms with Crippen molar-refractivity contribution in [2.75, 3.05) is 13.7 Å². The molecule has 1 heterocycles. The molecule has 3 aromatic rings. The molecule has 0 amide bonds. The fraction of sp³-hybridized carbons (Fsp3) is 0.316. The summed E-state index contributed by atoms with van der Waals surface area (Å²) in [5, 5.41) is 0. The van der Waals surface area contributed by atoms with Gasteiger partial charge in [-0.15, -0.1) is 0 Å². The van der Waals surface area contributed by atoms with Crippen LogP contribution in [0.3, 0.4) is 0 Å². The van der Waals surface area contributed by atoms with Crippen LogP contribution < -0.4 is 9.47 Å². The number of fused-ring (bicyclic) bond motifs is 1. The zero-order chi connectivity index (χ0) is 16.1. The topological polar surface area (TPSA) is 47.1 Å². The van der Waals surface area contributed by atoms with Crippen LogP contribution in [0, 0.1) is 0 Å². The molecule has 1 aromatic heterocycles. The molecule has 0 unspecified atom stereocenters. The van der Waals surface area contributed by atoms with Gasteiger partial charge in [-0.25, -0.2) is 4.98 Å². The zero-order valence-electron chi connectivity index (χ0n) is 13.6. The van der Waals surface area contributed by atoms with Gasteiger partial charge in [0.25, 0.3) is 0 Å². The van der Waals surface area contributed by atoms with Gasteiger partial charge in [-0.1, -0.05) is 31.9 Å². The first-order chi connectivity index (χ1) is 11.3. The lowest BCUT2D eigenvalue weighted by atomic mass is 10.2. The molecule has 2 aromatic carbocycles. The van der Waals surface area contributed by atoms with Gasteiger partial charge in [-0.2, -0.15) is 0 Å². The van der Waals surface area contributed by atoms with E-state index in [0.717, 1.165) is 40.3 Å². The molecule has 0 aliphatic rings. The number of imidazole rings is 1. The summed E-state index contributed by atoms with van der Waals surface area (Å²) >= 11 is 0. The molecule has 23 heavy (non-hydrogen) atoms. The largest absolute Gasteiger partial charge is 0.493 e. The molecule has 0 aliphatic heterocycles. The Labute approximate surface area is 136 Å². The highest BCUT2D eigenvalue weighted by Gasteiger charge is 2.10. The molecule has 0 saturated carbocycles. The molecule has 1 N–H and O–H groups in total. The van der Waals surface area contributed by atoms with E-state index in [1.807, 2.05) is 42.5 Å². The number of aromatic amines is 1. The number of benzene rings is 2. The summed E-state index contributed by atoms with van der Waals surface area (Å²) in [4.78, 5) is 7.98. The highest BCUT2D eigenvalue weighted by atomic mass is 16.5. The average Bonchev–Trinajstić information content (AvgIpc) is 3.02. The van der Waals surface area contributed by atoms with E-state index in [9.17, 15) is 0 Å². The third-order valence-electron chi connectivity index (χ3n) is 3.83. The highest BCUT2D eigenvalue weighted by molar-refractivity contribution is 5.79. The molecule has 0 spiro atoms. The summed E-state index contributed by atoms with van der Waals surface area (Å²) < 4.78 is 11.3. The number of para-hydroxylation sites is 2. The van der Waals surface area contributed by atoms with Crippen molar-refractivity contribution >= 4 is 11.0 Å². The Kier molecular flexibility index (Phi) is 4.81. The van der Waals surface area contributed by atoms with Crippen molar-refractivity contribution in [3.8, 4) is 22.9 Å². The Balaban J connectivity index is 1.87. The summed E-state index contributed by atoms with van der Waals surface area (Å²) in [6, 6.07) is 13.9. The van der Waals surface area contributed by atoms with Crippen LogP contribution in [0.15, 0.2) is 42.5 Å². The van der Waals surface area contributed by atoms with Gasteiger partial charge in [0, 0.05) is 5.56 Å². The van der Waals surface area contributed by atoms with E-state index >= 15 is 0 Å². The third kappa shape index (κ3) is 3.47. The number of H-pyrrole nitrogens is 1. The van der Waals surface area contributed by atoms with Crippen molar-refractivity contribution in [3.63, 3.8) is 0 Å². The fourth-order valence-electron chi connectivity index (χ4n) is 2.56. The Morgan fingerprint density at radius 2 is 1.91 bits per heavy atom. The van der Waals surface area contributed by atoms with Crippen LogP contribution in [0.1, 0.15) is 26.2 Å². The summed E-state index contributed by atoms with van der Waals surface area (Å²) in [6.07, 6.45) is 3.40. The van der Waals surface area contributed by atoms with Crippen LogP contribution in [0.4, 0.5) is 0 Å². The molecule has 0 radical (unpaired) electrons. The minimum atomic E-state index is 0.702. The van der Waals surface area contributed by atoms with Gasteiger partial charge < -0.3 is 14.5 Å². The maximum atomic E-state index is 5.90. The maximum Gasteiger partial charge on any atom is 0.161 e. The molecule has 0 atom stereocenters. The zero-order valence-corrected chi connectivity index (χ0v) is 13.6. The van der Waals surface area contributed by atoms with E-state index in [1.165, 1.54) is 12.8 Å². The van der Waals surface area contributed by atoms with Crippen molar-refractivity contribution < 1.29 is 9.47 Å². The van der Waals surface area contributed by atoms with Gasteiger partial charge in [-0.3, -0.25) is 0 Å². The number of unbranched alkanes of at least 4 members (excludes halogenated alkanes) is 2. The van der Waals surface area contributed by atoms with E-state index in [1.54, 1.807) is 7.11 Å². The summed E-state index contributed by atoms with van der Waals surface area (Å²) in [5.74, 6) is 2.36. The van der Waals surface area contributed by atoms with Gasteiger partial charge >= 0.3 is 0 Å². The van der Waals surface area contributed by atoms with Crippen molar-refractivity contribution in [1.29, 1.82) is 0 Å². The minimum Gasteiger partial charge on any atom is -0.493 e. The lowest BCUT2D eigenvalue weighted by molar-refractivity contribution is 0.286. The SMILES string of the molecule is CCCCCOc1cc(-c2nc3ccccc3[nH]2)ccc1OC. The Morgan fingerprint density at radius 1 is 1.04 bits per heavy atom. The molecule has 4 nitrogen and oxygen atoms in total. The van der Waals surface area contributed by atoms with Crippen molar-refractivity contribution in [2.45, 2.75) is 26.2 Å². The first-order valence-corrected chi connectivity index (χ1v) is 8.07. The number of nitrogens with one attached hydrogen (secondary N) is 1. The van der Waals surface area contributed by atoms with Gasteiger partial charge in [0.2, 0.25) is 0 Å². The van der Waals surface area contributed by atoms with Gasteiger partial charge in [0.1, 0.15) is 5.82 Å². The molecule has 0 aliphatic carbocycles. The average molecular weight is 310 g/mol. The van der Waals surface area contributed by atoms with Crippen molar-refractivity contribution in [2.24, 2.45) is 0 Å². The second-order valence-electron chi connectivity index (χ2n) is 5.52. The van der Waals surface area contributed by atoms with Crippen LogP contribution in [0.2, 0.25) is 0 Å². The van der Waals surface area contributed by atoms with E-state index in [2.05, 4.69) is 16.9 Å². The molecule has 120 valence electrons. The van der Waals surface area contributed by atoms with Crippen LogP contribution in [-0.4, -0.2) is 23.7 Å². The van der Waals surface area contributed by atoms with Crippen molar-refractivity contribution in [1.82, 2.24) is 9.97 Å². The monoisotopic (exact) mass is 310 g/mol. The highest BCUT2D eigenvalue weighted by Crippen LogP contribution is 2.32. The summed E-state index contributed by atoms with van der Waals surface area (Å²) in [6.45, 7) is 2.89. The number of hydrogen-bond donors (Lipinski definition) is 1. The van der Waals surface area contributed by atoms with E-state index < -0.39 is 0 Å². The van der Waals surface area contributed by atoms with Crippen LogP contribution >= 0.6 is 0 Å². The molecule has 3 rings (SSSR count). The Bertz CT molecular complexity index is 747. The second kappa shape index (κ2) is 7.18.